The first-order valence-corrected chi connectivity index (χ1v) is 33.3. The maximum atomic E-state index is 8.91. The summed E-state index contributed by atoms with van der Waals surface area (Å²) in [4.78, 5) is 0. The van der Waals surface area contributed by atoms with Crippen LogP contribution >= 0.6 is 0 Å². The van der Waals surface area contributed by atoms with Crippen molar-refractivity contribution in [2.75, 3.05) is 26.4 Å². The van der Waals surface area contributed by atoms with Gasteiger partial charge in [0.1, 0.15) is 0 Å². The second kappa shape index (κ2) is 29.7. The molecule has 0 aromatic heterocycles. The zero-order chi connectivity index (χ0) is 53.5. The molecule has 8 aliphatic carbocycles. The Labute approximate surface area is 460 Å². The Bertz CT molecular complexity index is 1660. The fourth-order valence-corrected chi connectivity index (χ4v) is 19.6. The van der Waals surface area contributed by atoms with Gasteiger partial charge in [0, 0.05) is 26.4 Å². The topological polar surface area (TPSA) is 69.9 Å². The third-order valence-electron chi connectivity index (χ3n) is 24.0. The van der Waals surface area contributed by atoms with Crippen LogP contribution in [0.5, 0.6) is 0 Å². The van der Waals surface area contributed by atoms with Gasteiger partial charge in [-0.15, -0.1) is 0 Å². The Hall–Kier alpha value is -0.680. The molecule has 0 amide bonds. The zero-order valence-electron chi connectivity index (χ0n) is 51.2. The molecular weight excluding hydrogens is 905 g/mol. The highest BCUT2D eigenvalue weighted by Crippen LogP contribution is 2.69. The summed E-state index contributed by atoms with van der Waals surface area (Å²) in [6.07, 6.45) is 49.9. The Morgan fingerprint density at radius 3 is 1.32 bits per heavy atom. The SMILES string of the molecule is CC(C)CCC[C@@H](C)[C@H]1CCC2[C@@H]3CC=C4CC(OCCCCCCCCO)CC[C@]4(C)C3CC[C@@]21C.CC(C)CCC[C@@H](C)[C@H]1CCC2[C@@H]3CC=C4C[C@@H](C)CC[C@]4(C)C3CC[C@@]21C.OCCCCCCCO. The predicted molar refractivity (Wildman–Crippen MR) is 317 cm³/mol. The second-order valence-corrected chi connectivity index (χ2v) is 29.7. The molecule has 0 heterocycles. The fourth-order valence-electron chi connectivity index (χ4n) is 19.6. The van der Waals surface area contributed by atoms with Crippen molar-refractivity contribution in [1.82, 2.24) is 0 Å². The first-order valence-electron chi connectivity index (χ1n) is 33.3. The molecule has 0 spiro atoms. The lowest BCUT2D eigenvalue weighted by Gasteiger charge is -2.58. The first-order chi connectivity index (χ1) is 35.5. The molecular formula is C70H126O4. The summed E-state index contributed by atoms with van der Waals surface area (Å²) in [6, 6.07) is 0. The minimum absolute atomic E-state index is 0.305. The number of rotatable bonds is 25. The van der Waals surface area contributed by atoms with E-state index >= 15 is 0 Å². The first kappa shape index (κ1) is 62.5. The van der Waals surface area contributed by atoms with Crippen LogP contribution < -0.4 is 0 Å². The summed E-state index contributed by atoms with van der Waals surface area (Å²) >= 11 is 0. The Balaban J connectivity index is 0.000000212. The number of hydrogen-bond acceptors (Lipinski definition) is 4. The van der Waals surface area contributed by atoms with Gasteiger partial charge in [-0.3, -0.25) is 0 Å². The summed E-state index contributed by atoms with van der Waals surface area (Å²) in [7, 11) is 0. The van der Waals surface area contributed by atoms with Crippen molar-refractivity contribution in [2.45, 2.75) is 294 Å². The number of ether oxygens (including phenoxy) is 1. The molecule has 6 fully saturated rings. The largest absolute Gasteiger partial charge is 0.396 e. The molecule has 0 bridgehead atoms. The van der Waals surface area contributed by atoms with E-state index in [1.807, 2.05) is 5.57 Å². The predicted octanol–water partition coefficient (Wildman–Crippen LogP) is 19.3. The molecule has 8 aliphatic rings. The highest BCUT2D eigenvalue weighted by molar-refractivity contribution is 5.27. The minimum atomic E-state index is 0.305. The van der Waals surface area contributed by atoms with Crippen LogP contribution in [0.4, 0.5) is 0 Å². The van der Waals surface area contributed by atoms with Crippen molar-refractivity contribution in [3.8, 4) is 0 Å². The Morgan fingerprint density at radius 2 is 0.878 bits per heavy atom. The average molecular weight is 1030 g/mol. The molecule has 74 heavy (non-hydrogen) atoms. The van der Waals surface area contributed by atoms with Gasteiger partial charge >= 0.3 is 0 Å². The van der Waals surface area contributed by atoms with Gasteiger partial charge in [0.15, 0.2) is 0 Å². The van der Waals surface area contributed by atoms with Crippen LogP contribution in [-0.4, -0.2) is 47.9 Å². The highest BCUT2D eigenvalue weighted by Gasteiger charge is 2.61. The number of hydrogen-bond donors (Lipinski definition) is 3. The number of unbranched alkanes of at least 4 members (excludes halogenated alkanes) is 9. The molecule has 430 valence electrons. The van der Waals surface area contributed by atoms with E-state index in [0.29, 0.717) is 47.6 Å². The van der Waals surface area contributed by atoms with E-state index in [2.05, 4.69) is 88.3 Å². The standard InChI is InChI=1S/C35H62O2.C28H48.C7H16O2/c1-26(2)13-12-14-27(3)31-17-18-32-30-16-15-28-25-29(37-24-11-9-7-6-8-10-23-36)19-21-34(28,4)33(30)20-22-35(31,32)5;1-19(2)8-7-9-21(4)24-12-13-25-23-11-10-22-18-20(3)14-16-27(22,5)26(23)15-17-28(24,25)6;8-6-4-2-1-3-5-7-9/h15,26-27,29-33,36H,6-14,16-25H2,1-5H3;10,19-21,23-26H,7-9,11-18H2,1-6H3;8-9H,1-7H2/t27-,29?,30+,31-,32?,33?,34+,35-;20-,21+,23-,24+,25?,26?,27-,28+;/m10./s1. The molecule has 5 unspecified atom stereocenters. The van der Waals surface area contributed by atoms with Crippen molar-refractivity contribution in [2.24, 2.45) is 98.6 Å². The summed E-state index contributed by atoms with van der Waals surface area (Å²) in [5, 5.41) is 25.7. The van der Waals surface area contributed by atoms with Gasteiger partial charge in [0.25, 0.3) is 0 Å². The van der Waals surface area contributed by atoms with Crippen LogP contribution in [0.15, 0.2) is 23.3 Å². The number of aliphatic hydroxyl groups excluding tert-OH is 3. The molecule has 0 aromatic rings. The van der Waals surface area contributed by atoms with E-state index in [0.717, 1.165) is 122 Å². The Kier molecular flexibility index (Phi) is 25.1. The van der Waals surface area contributed by atoms with Gasteiger partial charge in [0.2, 0.25) is 0 Å². The fraction of sp³-hybridized carbons (Fsp3) is 0.943. The quantitative estimate of drug-likeness (QED) is 0.0630. The van der Waals surface area contributed by atoms with Crippen LogP contribution in [0, 0.1) is 98.6 Å². The summed E-state index contributed by atoms with van der Waals surface area (Å²) in [6.45, 7) is 29.9. The van der Waals surface area contributed by atoms with Crippen molar-refractivity contribution in [1.29, 1.82) is 0 Å². The highest BCUT2D eigenvalue weighted by atomic mass is 16.5. The van der Waals surface area contributed by atoms with Crippen molar-refractivity contribution >= 4 is 0 Å². The van der Waals surface area contributed by atoms with Crippen molar-refractivity contribution < 1.29 is 20.1 Å². The molecule has 4 nitrogen and oxygen atoms in total. The molecule has 8 rings (SSSR count). The molecule has 6 saturated carbocycles. The lowest BCUT2D eigenvalue weighted by atomic mass is 9.46. The number of fused-ring (bicyclic) bond motifs is 10. The summed E-state index contributed by atoms with van der Waals surface area (Å²) in [5.74, 6) is 12.3. The van der Waals surface area contributed by atoms with Crippen LogP contribution in [0.25, 0.3) is 0 Å². The monoisotopic (exact) mass is 1030 g/mol. The van der Waals surface area contributed by atoms with E-state index in [-0.39, 0.29) is 0 Å². The van der Waals surface area contributed by atoms with Gasteiger partial charge in [-0.25, -0.2) is 0 Å². The summed E-state index contributed by atoms with van der Waals surface area (Å²) in [5.41, 5.74) is 5.87. The van der Waals surface area contributed by atoms with Crippen LogP contribution in [0.2, 0.25) is 0 Å². The lowest BCUT2D eigenvalue weighted by Crippen LogP contribution is -2.51. The third-order valence-corrected chi connectivity index (χ3v) is 24.0. The molecule has 16 atom stereocenters. The van der Waals surface area contributed by atoms with E-state index < -0.39 is 0 Å². The van der Waals surface area contributed by atoms with Crippen molar-refractivity contribution in [3.05, 3.63) is 23.3 Å². The second-order valence-electron chi connectivity index (χ2n) is 29.7. The smallest absolute Gasteiger partial charge is 0.0612 e. The Morgan fingerprint density at radius 1 is 0.459 bits per heavy atom. The zero-order valence-corrected chi connectivity index (χ0v) is 51.2. The van der Waals surface area contributed by atoms with Crippen LogP contribution in [0.1, 0.15) is 288 Å². The minimum Gasteiger partial charge on any atom is -0.396 e. The maximum Gasteiger partial charge on any atom is 0.0612 e. The van der Waals surface area contributed by atoms with E-state index in [4.69, 9.17) is 20.1 Å². The summed E-state index contributed by atoms with van der Waals surface area (Å²) < 4.78 is 6.43. The molecule has 0 saturated heterocycles. The maximum absolute atomic E-state index is 8.91. The molecule has 3 N–H and O–H groups in total. The molecule has 0 aliphatic heterocycles. The van der Waals surface area contributed by atoms with Gasteiger partial charge in [-0.1, -0.05) is 183 Å². The number of aliphatic hydroxyl groups is 3. The normalized spacial score (nSPS) is 37.9. The van der Waals surface area contributed by atoms with E-state index in [1.165, 1.54) is 173 Å². The molecule has 0 aromatic carbocycles. The van der Waals surface area contributed by atoms with Crippen molar-refractivity contribution in [3.63, 3.8) is 0 Å². The van der Waals surface area contributed by atoms with Gasteiger partial charge in [-0.2, -0.15) is 0 Å². The van der Waals surface area contributed by atoms with E-state index in [9.17, 15) is 0 Å². The molecule has 0 radical (unpaired) electrons. The molecule has 4 heteroatoms. The van der Waals surface area contributed by atoms with Gasteiger partial charge in [-0.05, 0) is 227 Å². The van der Waals surface area contributed by atoms with E-state index in [1.54, 1.807) is 5.57 Å². The lowest BCUT2D eigenvalue weighted by molar-refractivity contribution is -0.0641. The van der Waals surface area contributed by atoms with Crippen LogP contribution in [0.3, 0.4) is 0 Å². The van der Waals surface area contributed by atoms with Gasteiger partial charge in [0.05, 0.1) is 6.10 Å². The van der Waals surface area contributed by atoms with Crippen LogP contribution in [-0.2, 0) is 4.74 Å². The number of allylic oxidation sites excluding steroid dienone is 3. The third kappa shape index (κ3) is 15.4. The van der Waals surface area contributed by atoms with Gasteiger partial charge < -0.3 is 20.1 Å². The average Bonchev–Trinajstić information content (AvgIpc) is 3.92.